The number of rotatable bonds is 3. The molecule has 0 bridgehead atoms. The van der Waals surface area contributed by atoms with Gasteiger partial charge in [0.15, 0.2) is 0 Å². The molecule has 64 valence electrons. The minimum Gasteiger partial charge on any atom is -0.477 e. The maximum atomic E-state index is 10.6. The summed E-state index contributed by atoms with van der Waals surface area (Å²) >= 11 is 0. The fraction of sp³-hybridized carbons (Fsp3) is 0.143. The number of hydrogen-bond donors (Lipinski definition) is 3. The fourth-order valence-electron chi connectivity index (χ4n) is 0.918. The quantitative estimate of drug-likeness (QED) is 0.569. The van der Waals surface area contributed by atoms with Gasteiger partial charge in [-0.15, -0.1) is 6.58 Å². The summed E-state index contributed by atoms with van der Waals surface area (Å²) in [4.78, 5) is 10.6. The van der Waals surface area contributed by atoms with Gasteiger partial charge in [-0.2, -0.15) is 5.10 Å². The van der Waals surface area contributed by atoms with Crippen LogP contribution in [0.15, 0.2) is 12.7 Å². The maximum Gasteiger partial charge on any atom is 0.341 e. The summed E-state index contributed by atoms with van der Waals surface area (Å²) in [5.41, 5.74) is 5.79. The van der Waals surface area contributed by atoms with Gasteiger partial charge in [0.05, 0.1) is 5.69 Å². The van der Waals surface area contributed by atoms with E-state index in [1.54, 1.807) is 6.08 Å². The van der Waals surface area contributed by atoms with Gasteiger partial charge in [0, 0.05) is 6.42 Å². The highest BCUT2D eigenvalue weighted by Gasteiger charge is 2.16. The first-order valence-corrected chi connectivity index (χ1v) is 3.33. The summed E-state index contributed by atoms with van der Waals surface area (Å²) in [7, 11) is 0. The Morgan fingerprint density at radius 3 is 3.00 bits per heavy atom. The van der Waals surface area contributed by atoms with E-state index in [0.29, 0.717) is 12.1 Å². The van der Waals surface area contributed by atoms with Crippen molar-refractivity contribution in [1.82, 2.24) is 10.2 Å². The van der Waals surface area contributed by atoms with Crippen LogP contribution in [0.2, 0.25) is 0 Å². The fourth-order valence-corrected chi connectivity index (χ4v) is 0.918. The Hall–Kier alpha value is -1.78. The molecule has 1 heterocycles. The summed E-state index contributed by atoms with van der Waals surface area (Å²) in [6.07, 6.45) is 1.97. The molecule has 1 aromatic rings. The highest BCUT2D eigenvalue weighted by atomic mass is 16.4. The number of aromatic carboxylic acids is 1. The van der Waals surface area contributed by atoms with Crippen molar-refractivity contribution in [2.45, 2.75) is 6.42 Å². The van der Waals surface area contributed by atoms with Crippen LogP contribution in [0.5, 0.6) is 0 Å². The van der Waals surface area contributed by atoms with Crippen LogP contribution in [0.3, 0.4) is 0 Å². The van der Waals surface area contributed by atoms with E-state index in [-0.39, 0.29) is 11.4 Å². The molecule has 0 fully saturated rings. The molecular formula is C7H9N3O2. The average Bonchev–Trinajstić information content (AvgIpc) is 2.32. The van der Waals surface area contributed by atoms with Crippen LogP contribution < -0.4 is 5.73 Å². The Morgan fingerprint density at radius 2 is 2.50 bits per heavy atom. The second kappa shape index (κ2) is 3.08. The predicted octanol–water partition coefficient (Wildman–Crippen LogP) is 0.419. The van der Waals surface area contributed by atoms with Crippen LogP contribution in [0.4, 0.5) is 5.82 Å². The second-order valence-electron chi connectivity index (χ2n) is 2.26. The first-order chi connectivity index (χ1) is 5.66. The first-order valence-electron chi connectivity index (χ1n) is 3.33. The normalized spacial score (nSPS) is 9.67. The molecule has 0 radical (unpaired) electrons. The number of nitrogens with one attached hydrogen (secondary N) is 1. The van der Waals surface area contributed by atoms with Gasteiger partial charge in [0.1, 0.15) is 11.4 Å². The number of aromatic amines is 1. The number of nitrogens with zero attached hydrogens (tertiary/aromatic N) is 1. The Kier molecular flexibility index (Phi) is 2.14. The monoisotopic (exact) mass is 167 g/mol. The number of carboxylic acid groups (broad SMARTS) is 1. The minimum atomic E-state index is -1.07. The lowest BCUT2D eigenvalue weighted by Crippen LogP contribution is -2.02. The second-order valence-corrected chi connectivity index (χ2v) is 2.26. The molecule has 0 aliphatic rings. The number of nitrogen functional groups attached to an aromatic ring is 1. The van der Waals surface area contributed by atoms with Crippen molar-refractivity contribution in [3.8, 4) is 0 Å². The van der Waals surface area contributed by atoms with E-state index in [0.717, 1.165) is 0 Å². The number of nitrogens with two attached hydrogens (primary N) is 1. The molecule has 5 nitrogen and oxygen atoms in total. The standard InChI is InChI=1S/C7H9N3O2/c1-2-3-4-5(7(11)12)6(8)10-9-4/h2H,1,3H2,(H,11,12)(H3,8,9,10). The zero-order valence-electron chi connectivity index (χ0n) is 6.37. The molecule has 5 heteroatoms. The highest BCUT2D eigenvalue weighted by Crippen LogP contribution is 2.13. The summed E-state index contributed by atoms with van der Waals surface area (Å²) in [5, 5.41) is 14.8. The average molecular weight is 167 g/mol. The molecule has 0 atom stereocenters. The molecule has 1 rings (SSSR count). The SMILES string of the molecule is C=CCc1n[nH]c(N)c1C(=O)O. The van der Waals surface area contributed by atoms with Crippen LogP contribution >= 0.6 is 0 Å². The van der Waals surface area contributed by atoms with E-state index >= 15 is 0 Å². The third kappa shape index (κ3) is 1.29. The summed E-state index contributed by atoms with van der Waals surface area (Å²) < 4.78 is 0. The predicted molar refractivity (Wildman–Crippen MR) is 43.9 cm³/mol. The number of anilines is 1. The molecule has 0 amide bonds. The molecule has 0 spiro atoms. The van der Waals surface area contributed by atoms with Gasteiger partial charge in [0.2, 0.25) is 0 Å². The minimum absolute atomic E-state index is 0.0369. The molecular weight excluding hydrogens is 158 g/mol. The molecule has 0 saturated carbocycles. The lowest BCUT2D eigenvalue weighted by Gasteiger charge is -1.92. The number of aromatic nitrogens is 2. The van der Waals surface area contributed by atoms with Gasteiger partial charge in [-0.05, 0) is 0 Å². The highest BCUT2D eigenvalue weighted by molar-refractivity contribution is 5.93. The van der Waals surface area contributed by atoms with Crippen molar-refractivity contribution < 1.29 is 9.90 Å². The molecule has 0 aliphatic carbocycles. The van der Waals surface area contributed by atoms with Gasteiger partial charge >= 0.3 is 5.97 Å². The van der Waals surface area contributed by atoms with Gasteiger partial charge in [-0.25, -0.2) is 4.79 Å². The van der Waals surface area contributed by atoms with Crippen LogP contribution in [-0.2, 0) is 6.42 Å². The number of H-pyrrole nitrogens is 1. The zero-order valence-corrected chi connectivity index (χ0v) is 6.37. The van der Waals surface area contributed by atoms with Crippen LogP contribution in [0, 0.1) is 0 Å². The lowest BCUT2D eigenvalue weighted by atomic mass is 10.2. The Labute approximate surface area is 68.9 Å². The third-order valence-electron chi connectivity index (χ3n) is 1.42. The Bertz CT molecular complexity index is 316. The molecule has 0 aromatic carbocycles. The third-order valence-corrected chi connectivity index (χ3v) is 1.42. The first kappa shape index (κ1) is 8.32. The van der Waals surface area contributed by atoms with Crippen molar-refractivity contribution in [3.05, 3.63) is 23.9 Å². The van der Waals surface area contributed by atoms with Crippen LogP contribution in [-0.4, -0.2) is 21.3 Å². The molecule has 0 aliphatic heterocycles. The Balaban J connectivity index is 3.11. The summed E-state index contributed by atoms with van der Waals surface area (Å²) in [6, 6.07) is 0. The number of carbonyl (C=O) groups is 1. The number of hydrogen-bond acceptors (Lipinski definition) is 3. The van der Waals surface area contributed by atoms with Crippen LogP contribution in [0.25, 0.3) is 0 Å². The molecule has 12 heavy (non-hydrogen) atoms. The Morgan fingerprint density at radius 1 is 1.83 bits per heavy atom. The van der Waals surface area contributed by atoms with E-state index in [9.17, 15) is 4.79 Å². The van der Waals surface area contributed by atoms with E-state index in [1.165, 1.54) is 0 Å². The van der Waals surface area contributed by atoms with E-state index in [2.05, 4.69) is 16.8 Å². The zero-order chi connectivity index (χ0) is 9.14. The van der Waals surface area contributed by atoms with Gasteiger partial charge in [-0.1, -0.05) is 6.08 Å². The van der Waals surface area contributed by atoms with E-state index in [1.807, 2.05) is 0 Å². The lowest BCUT2D eigenvalue weighted by molar-refractivity contribution is 0.0697. The van der Waals surface area contributed by atoms with Gasteiger partial charge in [-0.3, -0.25) is 5.10 Å². The van der Waals surface area contributed by atoms with Crippen molar-refractivity contribution in [2.75, 3.05) is 5.73 Å². The smallest absolute Gasteiger partial charge is 0.341 e. The summed E-state index contributed by atoms with van der Waals surface area (Å²) in [6.45, 7) is 3.48. The van der Waals surface area contributed by atoms with Gasteiger partial charge < -0.3 is 10.8 Å². The molecule has 4 N–H and O–H groups in total. The topological polar surface area (TPSA) is 92.0 Å². The van der Waals surface area contributed by atoms with E-state index in [4.69, 9.17) is 10.8 Å². The summed E-state index contributed by atoms with van der Waals surface area (Å²) in [5.74, 6) is -0.988. The number of carboxylic acids is 1. The van der Waals surface area contributed by atoms with Crippen molar-refractivity contribution >= 4 is 11.8 Å². The van der Waals surface area contributed by atoms with Gasteiger partial charge in [0.25, 0.3) is 0 Å². The largest absolute Gasteiger partial charge is 0.477 e. The molecule has 1 aromatic heterocycles. The van der Waals surface area contributed by atoms with Crippen molar-refractivity contribution in [1.29, 1.82) is 0 Å². The molecule has 0 unspecified atom stereocenters. The van der Waals surface area contributed by atoms with Crippen molar-refractivity contribution in [2.24, 2.45) is 0 Å². The number of allylic oxidation sites excluding steroid dienone is 1. The van der Waals surface area contributed by atoms with E-state index < -0.39 is 5.97 Å². The maximum absolute atomic E-state index is 10.6. The van der Waals surface area contributed by atoms with Crippen molar-refractivity contribution in [3.63, 3.8) is 0 Å². The van der Waals surface area contributed by atoms with Crippen LogP contribution in [0.1, 0.15) is 16.1 Å². The molecule has 0 saturated heterocycles.